The summed E-state index contributed by atoms with van der Waals surface area (Å²) in [7, 11) is 0. The highest BCUT2D eigenvalue weighted by Crippen LogP contribution is 2.13. The van der Waals surface area contributed by atoms with E-state index < -0.39 is 0 Å². The van der Waals surface area contributed by atoms with Crippen molar-refractivity contribution in [1.29, 1.82) is 0 Å². The van der Waals surface area contributed by atoms with E-state index in [4.69, 9.17) is 0 Å². The van der Waals surface area contributed by atoms with E-state index in [9.17, 15) is 4.79 Å². The number of hydrogen-bond acceptors (Lipinski definition) is 4. The van der Waals surface area contributed by atoms with Crippen LogP contribution in [-0.4, -0.2) is 44.7 Å². The first-order chi connectivity index (χ1) is 11.7. The number of rotatable bonds is 6. The first kappa shape index (κ1) is 16.6. The van der Waals surface area contributed by atoms with Crippen LogP contribution in [-0.2, 0) is 17.9 Å². The largest absolute Gasteiger partial charge is 0.352 e. The first-order valence-corrected chi connectivity index (χ1v) is 8.60. The quantitative estimate of drug-likeness (QED) is 0.878. The first-order valence-electron chi connectivity index (χ1n) is 8.60. The van der Waals surface area contributed by atoms with Gasteiger partial charge in [-0.1, -0.05) is 6.07 Å². The maximum Gasteiger partial charge on any atom is 0.222 e. The number of amides is 1. The lowest BCUT2D eigenvalue weighted by Gasteiger charge is -2.33. The van der Waals surface area contributed by atoms with Gasteiger partial charge in [0.15, 0.2) is 0 Å². The predicted octanol–water partition coefficient (Wildman–Crippen LogP) is 1.76. The second kappa shape index (κ2) is 8.06. The van der Waals surface area contributed by atoms with E-state index in [2.05, 4.69) is 26.4 Å². The molecule has 0 radical (unpaired) electrons. The Labute approximate surface area is 142 Å². The number of nitrogens with one attached hydrogen (secondary N) is 1. The summed E-state index contributed by atoms with van der Waals surface area (Å²) in [4.78, 5) is 18.8. The lowest BCUT2D eigenvalue weighted by Crippen LogP contribution is -2.47. The van der Waals surface area contributed by atoms with Gasteiger partial charge in [0.25, 0.3) is 0 Å². The lowest BCUT2D eigenvalue weighted by molar-refractivity contribution is -0.122. The summed E-state index contributed by atoms with van der Waals surface area (Å²) in [6.45, 7) is 5.51. The van der Waals surface area contributed by atoms with E-state index >= 15 is 0 Å². The molecule has 24 heavy (non-hydrogen) atoms. The zero-order chi connectivity index (χ0) is 16.8. The molecule has 0 saturated carbocycles. The van der Waals surface area contributed by atoms with Crippen LogP contribution in [0.15, 0.2) is 36.8 Å². The molecule has 1 unspecified atom stereocenters. The molecule has 6 heteroatoms. The molecule has 1 amide bonds. The molecule has 1 aliphatic rings. The minimum atomic E-state index is 0.109. The molecular formula is C18H25N5O. The van der Waals surface area contributed by atoms with E-state index in [0.717, 1.165) is 38.2 Å². The van der Waals surface area contributed by atoms with Crippen molar-refractivity contribution in [3.8, 4) is 0 Å². The van der Waals surface area contributed by atoms with Crippen LogP contribution in [0.1, 0.15) is 30.5 Å². The summed E-state index contributed by atoms with van der Waals surface area (Å²) in [5.74, 6) is 0.109. The van der Waals surface area contributed by atoms with Gasteiger partial charge in [-0.25, -0.2) is 0 Å². The molecule has 6 nitrogen and oxygen atoms in total. The highest BCUT2D eigenvalue weighted by Gasteiger charge is 2.21. The summed E-state index contributed by atoms with van der Waals surface area (Å²) >= 11 is 0. The molecule has 0 spiro atoms. The van der Waals surface area contributed by atoms with Gasteiger partial charge in [0.05, 0.1) is 0 Å². The second-order valence-corrected chi connectivity index (χ2v) is 6.45. The number of carbonyl (C=O) groups is 1. The standard InChI is InChI=1S/C18H25N5O/c1-15-6-9-20-23(15)11-7-18(24)21-17-5-3-10-22(14-17)13-16-4-2-8-19-12-16/h2,4,6,8-9,12,17H,3,5,7,10-11,13-14H2,1H3,(H,21,24). The van der Waals surface area contributed by atoms with Gasteiger partial charge in [-0.05, 0) is 44.0 Å². The number of pyridine rings is 1. The predicted molar refractivity (Wildman–Crippen MR) is 92.3 cm³/mol. The molecule has 1 N–H and O–H groups in total. The van der Waals surface area contributed by atoms with Gasteiger partial charge < -0.3 is 5.32 Å². The van der Waals surface area contributed by atoms with Crippen LogP contribution < -0.4 is 5.32 Å². The van der Waals surface area contributed by atoms with E-state index in [-0.39, 0.29) is 11.9 Å². The molecule has 2 aromatic rings. The summed E-state index contributed by atoms with van der Waals surface area (Å²) in [5.41, 5.74) is 2.31. The average molecular weight is 327 g/mol. The highest BCUT2D eigenvalue weighted by molar-refractivity contribution is 5.76. The number of likely N-dealkylation sites (tertiary alicyclic amines) is 1. The number of hydrogen-bond donors (Lipinski definition) is 1. The zero-order valence-corrected chi connectivity index (χ0v) is 14.2. The van der Waals surface area contributed by atoms with Crippen molar-refractivity contribution < 1.29 is 4.79 Å². The maximum atomic E-state index is 12.2. The Hall–Kier alpha value is -2.21. The van der Waals surface area contributed by atoms with Crippen molar-refractivity contribution in [1.82, 2.24) is 25.0 Å². The normalized spacial score (nSPS) is 18.5. The maximum absolute atomic E-state index is 12.2. The van der Waals surface area contributed by atoms with Crippen LogP contribution >= 0.6 is 0 Å². The molecule has 3 heterocycles. The molecule has 3 rings (SSSR count). The summed E-state index contributed by atoms with van der Waals surface area (Å²) < 4.78 is 1.87. The Balaban J connectivity index is 1.44. The molecule has 1 aliphatic heterocycles. The van der Waals surface area contributed by atoms with Gasteiger partial charge in [-0.3, -0.25) is 19.4 Å². The highest BCUT2D eigenvalue weighted by atomic mass is 16.1. The molecule has 128 valence electrons. The van der Waals surface area contributed by atoms with Crippen molar-refractivity contribution in [3.05, 3.63) is 48.0 Å². The molecule has 1 fully saturated rings. The lowest BCUT2D eigenvalue weighted by atomic mass is 10.0. The van der Waals surface area contributed by atoms with Gasteiger partial charge in [-0.2, -0.15) is 5.10 Å². The van der Waals surface area contributed by atoms with Crippen molar-refractivity contribution in [2.24, 2.45) is 0 Å². The van der Waals surface area contributed by atoms with Gasteiger partial charge in [0, 0.05) is 56.4 Å². The number of carbonyl (C=O) groups excluding carboxylic acids is 1. The molecular weight excluding hydrogens is 302 g/mol. The van der Waals surface area contributed by atoms with Crippen molar-refractivity contribution in [3.63, 3.8) is 0 Å². The van der Waals surface area contributed by atoms with Gasteiger partial charge in [0.2, 0.25) is 5.91 Å². The van der Waals surface area contributed by atoms with Crippen molar-refractivity contribution in [2.45, 2.75) is 45.3 Å². The van der Waals surface area contributed by atoms with E-state index in [1.165, 1.54) is 5.56 Å². The van der Waals surface area contributed by atoms with Crippen LogP contribution in [0.5, 0.6) is 0 Å². The fraction of sp³-hybridized carbons (Fsp3) is 0.500. The van der Waals surface area contributed by atoms with E-state index in [0.29, 0.717) is 13.0 Å². The Bertz CT molecular complexity index is 654. The monoisotopic (exact) mass is 327 g/mol. The molecule has 0 aliphatic carbocycles. The number of piperidine rings is 1. The van der Waals surface area contributed by atoms with Crippen LogP contribution in [0.25, 0.3) is 0 Å². The van der Waals surface area contributed by atoms with E-state index in [1.807, 2.05) is 29.9 Å². The minimum absolute atomic E-state index is 0.109. The van der Waals surface area contributed by atoms with Crippen LogP contribution in [0.2, 0.25) is 0 Å². The Morgan fingerprint density at radius 3 is 3.04 bits per heavy atom. The fourth-order valence-corrected chi connectivity index (χ4v) is 3.21. The molecule has 0 bridgehead atoms. The third-order valence-electron chi connectivity index (χ3n) is 4.48. The van der Waals surface area contributed by atoms with Crippen molar-refractivity contribution >= 4 is 5.91 Å². The van der Waals surface area contributed by atoms with Gasteiger partial charge in [-0.15, -0.1) is 0 Å². The van der Waals surface area contributed by atoms with Crippen LogP contribution in [0.3, 0.4) is 0 Å². The number of nitrogens with zero attached hydrogens (tertiary/aromatic N) is 4. The Kier molecular flexibility index (Phi) is 5.59. The van der Waals surface area contributed by atoms with Crippen LogP contribution in [0, 0.1) is 6.92 Å². The summed E-state index contributed by atoms with van der Waals surface area (Å²) in [6, 6.07) is 6.26. The molecule has 2 aromatic heterocycles. The fourth-order valence-electron chi connectivity index (χ4n) is 3.21. The summed E-state index contributed by atoms with van der Waals surface area (Å²) in [5, 5.41) is 7.40. The average Bonchev–Trinajstić information content (AvgIpc) is 2.99. The summed E-state index contributed by atoms with van der Waals surface area (Å²) in [6.07, 6.45) is 8.12. The zero-order valence-electron chi connectivity index (χ0n) is 14.2. The Morgan fingerprint density at radius 1 is 1.38 bits per heavy atom. The number of aromatic nitrogens is 3. The Morgan fingerprint density at radius 2 is 2.29 bits per heavy atom. The second-order valence-electron chi connectivity index (χ2n) is 6.45. The third-order valence-corrected chi connectivity index (χ3v) is 4.48. The van der Waals surface area contributed by atoms with Gasteiger partial charge in [0.1, 0.15) is 0 Å². The van der Waals surface area contributed by atoms with Gasteiger partial charge >= 0.3 is 0 Å². The molecule has 1 saturated heterocycles. The smallest absolute Gasteiger partial charge is 0.222 e. The topological polar surface area (TPSA) is 63.1 Å². The SMILES string of the molecule is Cc1ccnn1CCC(=O)NC1CCCN(Cc2cccnc2)C1. The van der Waals surface area contributed by atoms with Crippen molar-refractivity contribution in [2.75, 3.05) is 13.1 Å². The minimum Gasteiger partial charge on any atom is -0.352 e. The van der Waals surface area contributed by atoms with Crippen LogP contribution in [0.4, 0.5) is 0 Å². The number of aryl methyl sites for hydroxylation is 2. The third kappa shape index (κ3) is 4.64. The molecule has 1 atom stereocenters. The van der Waals surface area contributed by atoms with E-state index in [1.54, 1.807) is 12.4 Å². The molecule has 0 aromatic carbocycles.